The molecule has 2 aromatic rings. The van der Waals surface area contributed by atoms with Gasteiger partial charge in [-0.25, -0.2) is 4.98 Å². The highest BCUT2D eigenvalue weighted by Crippen LogP contribution is 2.25. The molecule has 2 rings (SSSR count). The molecular weight excluding hydrogens is 284 g/mol. The maximum Gasteiger partial charge on any atom is 0.205 e. The number of aryl methyl sites for hydroxylation is 1. The van der Waals surface area contributed by atoms with Crippen molar-refractivity contribution >= 4 is 40.1 Å². The van der Waals surface area contributed by atoms with Crippen molar-refractivity contribution in [3.63, 3.8) is 0 Å². The van der Waals surface area contributed by atoms with E-state index in [0.29, 0.717) is 22.1 Å². The zero-order valence-corrected chi connectivity index (χ0v) is 11.8. The van der Waals surface area contributed by atoms with E-state index in [1.54, 1.807) is 5.38 Å². The lowest BCUT2D eigenvalue weighted by molar-refractivity contribution is 0.469. The number of hydrogen-bond acceptors (Lipinski definition) is 6. The number of nitrogens with zero attached hydrogens (tertiary/aromatic N) is 2. The van der Waals surface area contributed by atoms with Crippen LogP contribution in [0.3, 0.4) is 0 Å². The van der Waals surface area contributed by atoms with Gasteiger partial charge in [-0.1, -0.05) is 6.07 Å². The van der Waals surface area contributed by atoms with Gasteiger partial charge in [-0.05, 0) is 18.6 Å². The van der Waals surface area contributed by atoms with Crippen molar-refractivity contribution in [2.24, 2.45) is 5.10 Å². The molecule has 0 saturated heterocycles. The molecule has 1 heterocycles. The number of benzene rings is 1. The fourth-order valence-corrected chi connectivity index (χ4v) is 2.33. The third kappa shape index (κ3) is 3.36. The summed E-state index contributed by atoms with van der Waals surface area (Å²) in [6, 6.07) is 3.67. The van der Waals surface area contributed by atoms with Gasteiger partial charge in [0.15, 0.2) is 0 Å². The average Bonchev–Trinajstić information content (AvgIpc) is 2.79. The quantitative estimate of drug-likeness (QED) is 0.460. The van der Waals surface area contributed by atoms with Crippen LogP contribution in [-0.4, -0.2) is 16.3 Å². The highest BCUT2D eigenvalue weighted by atomic mass is 35.5. The number of halogens is 1. The van der Waals surface area contributed by atoms with Crippen LogP contribution in [0.5, 0.6) is 5.75 Å². The van der Waals surface area contributed by atoms with Crippen LogP contribution in [0.25, 0.3) is 0 Å². The van der Waals surface area contributed by atoms with E-state index in [0.717, 1.165) is 5.56 Å². The molecule has 0 fully saturated rings. The molecule has 0 atom stereocenters. The average molecular weight is 297 g/mol. The molecule has 4 N–H and O–H groups in total. The Kier molecular flexibility index (Phi) is 4.24. The molecule has 100 valence electrons. The van der Waals surface area contributed by atoms with Crippen LogP contribution >= 0.6 is 22.9 Å². The summed E-state index contributed by atoms with van der Waals surface area (Å²) in [5.41, 5.74) is 10.5. The second-order valence-corrected chi connectivity index (χ2v) is 5.07. The molecule has 0 aliphatic carbocycles. The van der Waals surface area contributed by atoms with Gasteiger partial charge in [-0.3, -0.25) is 5.43 Å². The van der Waals surface area contributed by atoms with Crippen LogP contribution in [0, 0.1) is 6.92 Å². The zero-order chi connectivity index (χ0) is 13.8. The van der Waals surface area contributed by atoms with E-state index in [9.17, 15) is 5.11 Å². The molecule has 0 unspecified atom stereocenters. The van der Waals surface area contributed by atoms with Crippen molar-refractivity contribution in [2.75, 3.05) is 11.2 Å². The number of nitrogen functional groups attached to an aromatic ring is 1. The maximum atomic E-state index is 9.98. The summed E-state index contributed by atoms with van der Waals surface area (Å²) < 4.78 is 0. The largest absolute Gasteiger partial charge is 0.507 e. The lowest BCUT2D eigenvalue weighted by Crippen LogP contribution is -1.94. The molecule has 0 bridgehead atoms. The zero-order valence-electron chi connectivity index (χ0n) is 10.2. The Morgan fingerprint density at radius 2 is 2.37 bits per heavy atom. The van der Waals surface area contributed by atoms with Gasteiger partial charge in [0.1, 0.15) is 11.6 Å². The number of aromatic hydroxyl groups is 1. The van der Waals surface area contributed by atoms with Crippen LogP contribution in [-0.2, 0) is 5.88 Å². The first-order chi connectivity index (χ1) is 9.10. The third-order valence-corrected chi connectivity index (χ3v) is 3.45. The number of hydrazone groups is 1. The van der Waals surface area contributed by atoms with Crippen molar-refractivity contribution in [3.05, 3.63) is 34.2 Å². The first-order valence-electron chi connectivity index (χ1n) is 5.48. The number of anilines is 2. The topological polar surface area (TPSA) is 83.5 Å². The third-order valence-electron chi connectivity index (χ3n) is 2.39. The molecule has 0 spiro atoms. The number of nitrogens with two attached hydrogens (primary N) is 1. The predicted octanol–water partition coefficient (Wildman–Crippen LogP) is 2.92. The summed E-state index contributed by atoms with van der Waals surface area (Å²) in [6.45, 7) is 1.93. The summed E-state index contributed by atoms with van der Waals surface area (Å²) >= 11 is 7.12. The number of alkyl halides is 1. The molecule has 5 nitrogen and oxygen atoms in total. The summed E-state index contributed by atoms with van der Waals surface area (Å²) in [7, 11) is 0. The Morgan fingerprint density at radius 3 is 3.00 bits per heavy atom. The van der Waals surface area contributed by atoms with Gasteiger partial charge < -0.3 is 10.8 Å². The van der Waals surface area contributed by atoms with Crippen molar-refractivity contribution in [1.82, 2.24) is 4.98 Å². The SMILES string of the molecule is Cc1cc(C=NNc2nc(N)cs2)c(O)c(CCl)c1. The number of rotatable bonds is 4. The van der Waals surface area contributed by atoms with Crippen molar-refractivity contribution < 1.29 is 5.11 Å². The van der Waals surface area contributed by atoms with Gasteiger partial charge in [-0.15, -0.1) is 22.9 Å². The van der Waals surface area contributed by atoms with Gasteiger partial charge in [0.2, 0.25) is 5.13 Å². The van der Waals surface area contributed by atoms with Gasteiger partial charge in [0, 0.05) is 16.5 Å². The highest BCUT2D eigenvalue weighted by molar-refractivity contribution is 7.14. The van der Waals surface area contributed by atoms with Crippen molar-refractivity contribution in [1.29, 1.82) is 0 Å². The van der Waals surface area contributed by atoms with Gasteiger partial charge in [-0.2, -0.15) is 5.10 Å². The number of hydrogen-bond donors (Lipinski definition) is 3. The second kappa shape index (κ2) is 5.90. The first-order valence-corrected chi connectivity index (χ1v) is 6.90. The lowest BCUT2D eigenvalue weighted by atomic mass is 10.1. The normalized spacial score (nSPS) is 11.1. The van der Waals surface area contributed by atoms with Crippen LogP contribution < -0.4 is 11.2 Å². The number of phenolic OH excluding ortho intramolecular Hbond substituents is 1. The molecule has 7 heteroatoms. The summed E-state index contributed by atoms with van der Waals surface area (Å²) in [5.74, 6) is 0.848. The Balaban J connectivity index is 2.16. The maximum absolute atomic E-state index is 9.98. The molecule has 0 aliphatic heterocycles. The van der Waals surface area contributed by atoms with Crippen molar-refractivity contribution in [3.8, 4) is 5.75 Å². The first kappa shape index (κ1) is 13.6. The molecule has 19 heavy (non-hydrogen) atoms. The van der Waals surface area contributed by atoms with Crippen LogP contribution in [0.1, 0.15) is 16.7 Å². The number of nitrogens with one attached hydrogen (secondary N) is 1. The Morgan fingerprint density at radius 1 is 1.58 bits per heavy atom. The van der Waals surface area contributed by atoms with Gasteiger partial charge in [0.25, 0.3) is 0 Å². The molecule has 1 aromatic heterocycles. The predicted molar refractivity (Wildman–Crippen MR) is 80.1 cm³/mol. The smallest absolute Gasteiger partial charge is 0.205 e. The van der Waals surface area contributed by atoms with Crippen LogP contribution in [0.15, 0.2) is 22.6 Å². The van der Waals surface area contributed by atoms with E-state index in [1.165, 1.54) is 17.6 Å². The minimum atomic E-state index is 0.143. The second-order valence-electron chi connectivity index (χ2n) is 3.94. The molecular formula is C12H13ClN4OS. The number of thiazole rings is 1. The van der Waals surface area contributed by atoms with Gasteiger partial charge in [0.05, 0.1) is 12.1 Å². The van der Waals surface area contributed by atoms with E-state index >= 15 is 0 Å². The monoisotopic (exact) mass is 296 g/mol. The van der Waals surface area contributed by atoms with Crippen LogP contribution in [0.2, 0.25) is 0 Å². The summed E-state index contributed by atoms with van der Waals surface area (Å²) in [6.07, 6.45) is 1.52. The summed E-state index contributed by atoms with van der Waals surface area (Å²) in [4.78, 5) is 4.00. The Hall–Kier alpha value is -1.79. The fraction of sp³-hybridized carbons (Fsp3) is 0.167. The highest BCUT2D eigenvalue weighted by Gasteiger charge is 2.06. The molecule has 1 aromatic carbocycles. The van der Waals surface area contributed by atoms with E-state index in [4.69, 9.17) is 17.3 Å². The number of phenols is 1. The standard InChI is InChI=1S/C12H13ClN4OS/c1-7-2-8(4-13)11(18)9(3-7)5-15-17-12-16-10(14)6-19-12/h2-3,5-6,18H,4,14H2,1H3,(H,16,17). The molecule has 0 radical (unpaired) electrons. The van der Waals surface area contributed by atoms with Gasteiger partial charge >= 0.3 is 0 Å². The molecule has 0 amide bonds. The fourth-order valence-electron chi connectivity index (χ4n) is 1.58. The molecule has 0 saturated carbocycles. The lowest BCUT2D eigenvalue weighted by Gasteiger charge is -2.06. The Labute approximate surface area is 119 Å². The van der Waals surface area contributed by atoms with E-state index in [2.05, 4.69) is 15.5 Å². The molecule has 0 aliphatic rings. The van der Waals surface area contributed by atoms with Crippen LogP contribution in [0.4, 0.5) is 10.9 Å². The van der Waals surface area contributed by atoms with E-state index in [-0.39, 0.29) is 11.6 Å². The van der Waals surface area contributed by atoms with E-state index in [1.807, 2.05) is 19.1 Å². The Bertz CT molecular complexity index is 612. The summed E-state index contributed by atoms with van der Waals surface area (Å²) in [5, 5.41) is 16.3. The minimum Gasteiger partial charge on any atom is -0.507 e. The van der Waals surface area contributed by atoms with Crippen molar-refractivity contribution in [2.45, 2.75) is 12.8 Å². The number of aromatic nitrogens is 1. The van der Waals surface area contributed by atoms with E-state index < -0.39 is 0 Å². The minimum absolute atomic E-state index is 0.143.